The number of carbonyl (C=O) groups excluding carboxylic acids is 2. The van der Waals surface area contributed by atoms with Crippen molar-refractivity contribution in [1.82, 2.24) is 5.48 Å². The zero-order valence-corrected chi connectivity index (χ0v) is 10.5. The van der Waals surface area contributed by atoms with E-state index in [1.165, 1.54) is 24.1 Å². The third kappa shape index (κ3) is 2.50. The average Bonchev–Trinajstić information content (AvgIpc) is 2.69. The molecule has 1 atom stereocenters. The van der Waals surface area contributed by atoms with E-state index in [1.807, 2.05) is 5.48 Å². The molecule has 1 saturated heterocycles. The summed E-state index contributed by atoms with van der Waals surface area (Å²) in [5, 5.41) is 0. The summed E-state index contributed by atoms with van der Waals surface area (Å²) < 4.78 is 18.7. The third-order valence-corrected chi connectivity index (χ3v) is 2.76. The van der Waals surface area contributed by atoms with Crippen molar-refractivity contribution >= 4 is 17.7 Å². The van der Waals surface area contributed by atoms with Gasteiger partial charge in [-0.05, 0) is 25.1 Å². The molecule has 0 aliphatic carbocycles. The van der Waals surface area contributed by atoms with Gasteiger partial charge in [-0.2, -0.15) is 0 Å². The molecule has 7 heteroatoms. The normalized spacial score (nSPS) is 18.4. The number of ether oxygens (including phenoxy) is 1. The number of halogens is 1. The molecular formula is C12H13FN2O4. The lowest BCUT2D eigenvalue weighted by atomic mass is 10.1. The fraction of sp³-hybridized carbons (Fsp3) is 0.333. The Balaban J connectivity index is 2.28. The number of hydroxylamine groups is 1. The first-order valence-corrected chi connectivity index (χ1v) is 5.63. The SMILES string of the molecule is CONC(=O)c1ccc(N2C(=O)OCC2C)cc1F. The van der Waals surface area contributed by atoms with Crippen molar-refractivity contribution in [3.05, 3.63) is 29.6 Å². The Morgan fingerprint density at radius 3 is 2.84 bits per heavy atom. The Bertz CT molecular complexity index is 520. The minimum absolute atomic E-state index is 0.161. The highest BCUT2D eigenvalue weighted by atomic mass is 19.1. The predicted octanol–water partition coefficient (Wildman–Crippen LogP) is 1.46. The molecule has 1 aromatic rings. The number of rotatable bonds is 3. The van der Waals surface area contributed by atoms with Crippen LogP contribution < -0.4 is 10.4 Å². The molecule has 1 aromatic carbocycles. The molecule has 0 aromatic heterocycles. The van der Waals surface area contributed by atoms with Gasteiger partial charge in [0.1, 0.15) is 12.4 Å². The first kappa shape index (κ1) is 13.3. The maximum Gasteiger partial charge on any atom is 0.414 e. The largest absolute Gasteiger partial charge is 0.447 e. The molecule has 1 fully saturated rings. The molecule has 2 rings (SSSR count). The number of carbonyl (C=O) groups is 2. The Morgan fingerprint density at radius 1 is 1.58 bits per heavy atom. The van der Waals surface area contributed by atoms with Crippen LogP contribution in [-0.2, 0) is 9.57 Å². The predicted molar refractivity (Wildman–Crippen MR) is 64.2 cm³/mol. The van der Waals surface area contributed by atoms with Crippen LogP contribution in [-0.4, -0.2) is 31.8 Å². The average molecular weight is 268 g/mol. The van der Waals surface area contributed by atoms with Crippen molar-refractivity contribution in [2.75, 3.05) is 18.6 Å². The Morgan fingerprint density at radius 2 is 2.32 bits per heavy atom. The van der Waals surface area contributed by atoms with Gasteiger partial charge in [-0.3, -0.25) is 14.5 Å². The lowest BCUT2D eigenvalue weighted by Crippen LogP contribution is -2.31. The van der Waals surface area contributed by atoms with Crippen molar-refractivity contribution < 1.29 is 23.6 Å². The van der Waals surface area contributed by atoms with Gasteiger partial charge < -0.3 is 4.74 Å². The molecule has 0 bridgehead atoms. The molecule has 1 aliphatic rings. The smallest absolute Gasteiger partial charge is 0.414 e. The van der Waals surface area contributed by atoms with E-state index in [9.17, 15) is 14.0 Å². The number of anilines is 1. The summed E-state index contributed by atoms with van der Waals surface area (Å²) in [6.45, 7) is 2.04. The van der Waals surface area contributed by atoms with Crippen molar-refractivity contribution in [2.45, 2.75) is 13.0 Å². The zero-order valence-electron chi connectivity index (χ0n) is 10.5. The van der Waals surface area contributed by atoms with Crippen molar-refractivity contribution in [3.8, 4) is 0 Å². The van der Waals surface area contributed by atoms with Crippen LogP contribution in [0.15, 0.2) is 18.2 Å². The Hall–Kier alpha value is -2.15. The van der Waals surface area contributed by atoms with Crippen LogP contribution >= 0.6 is 0 Å². The number of nitrogens with zero attached hydrogens (tertiary/aromatic N) is 1. The highest BCUT2D eigenvalue weighted by molar-refractivity contribution is 5.95. The monoisotopic (exact) mass is 268 g/mol. The van der Waals surface area contributed by atoms with Crippen LogP contribution in [0.1, 0.15) is 17.3 Å². The first-order valence-electron chi connectivity index (χ1n) is 5.63. The second kappa shape index (κ2) is 5.23. The lowest BCUT2D eigenvalue weighted by molar-refractivity contribution is 0.0533. The molecular weight excluding hydrogens is 255 g/mol. The lowest BCUT2D eigenvalue weighted by Gasteiger charge is -2.18. The fourth-order valence-electron chi connectivity index (χ4n) is 1.86. The molecule has 1 unspecified atom stereocenters. The van der Waals surface area contributed by atoms with E-state index in [-0.39, 0.29) is 18.2 Å². The summed E-state index contributed by atoms with van der Waals surface area (Å²) in [5.41, 5.74) is 2.21. The maximum atomic E-state index is 13.8. The minimum atomic E-state index is -0.737. The van der Waals surface area contributed by atoms with Gasteiger partial charge in [-0.15, -0.1) is 0 Å². The van der Waals surface area contributed by atoms with Crippen molar-refractivity contribution in [2.24, 2.45) is 0 Å². The number of cyclic esters (lactones) is 1. The molecule has 102 valence electrons. The number of hydrogen-bond acceptors (Lipinski definition) is 4. The topological polar surface area (TPSA) is 67.9 Å². The van der Waals surface area contributed by atoms with E-state index in [4.69, 9.17) is 4.74 Å². The fourth-order valence-corrected chi connectivity index (χ4v) is 1.86. The summed E-state index contributed by atoms with van der Waals surface area (Å²) in [5.74, 6) is -1.43. The maximum absolute atomic E-state index is 13.8. The van der Waals surface area contributed by atoms with E-state index in [1.54, 1.807) is 6.92 Å². The molecule has 6 nitrogen and oxygen atoms in total. The molecule has 1 aliphatic heterocycles. The van der Waals surface area contributed by atoms with Gasteiger partial charge in [0.05, 0.1) is 24.4 Å². The van der Waals surface area contributed by atoms with Crippen LogP contribution in [0, 0.1) is 5.82 Å². The Labute approximate surface area is 109 Å². The minimum Gasteiger partial charge on any atom is -0.447 e. The van der Waals surface area contributed by atoms with Crippen LogP contribution in [0.3, 0.4) is 0 Å². The van der Waals surface area contributed by atoms with Gasteiger partial charge in [0.25, 0.3) is 5.91 Å². The van der Waals surface area contributed by atoms with Crippen LogP contribution in [0.5, 0.6) is 0 Å². The molecule has 0 saturated carbocycles. The molecule has 0 spiro atoms. The van der Waals surface area contributed by atoms with Gasteiger partial charge >= 0.3 is 6.09 Å². The summed E-state index contributed by atoms with van der Waals surface area (Å²) in [4.78, 5) is 28.7. The second-order valence-corrected chi connectivity index (χ2v) is 4.10. The summed E-state index contributed by atoms with van der Waals surface area (Å²) >= 11 is 0. The highest BCUT2D eigenvalue weighted by Gasteiger charge is 2.31. The number of hydrogen-bond donors (Lipinski definition) is 1. The van der Waals surface area contributed by atoms with Crippen LogP contribution in [0.25, 0.3) is 0 Å². The number of amides is 2. The quantitative estimate of drug-likeness (QED) is 0.843. The zero-order chi connectivity index (χ0) is 14.0. The van der Waals surface area contributed by atoms with E-state index in [0.717, 1.165) is 6.07 Å². The van der Waals surface area contributed by atoms with E-state index in [2.05, 4.69) is 4.84 Å². The Kier molecular flexibility index (Phi) is 3.66. The molecule has 0 radical (unpaired) electrons. The molecule has 19 heavy (non-hydrogen) atoms. The van der Waals surface area contributed by atoms with Crippen LogP contribution in [0.2, 0.25) is 0 Å². The van der Waals surface area contributed by atoms with Crippen LogP contribution in [0.4, 0.5) is 14.9 Å². The van der Waals surface area contributed by atoms with E-state index >= 15 is 0 Å². The molecule has 1 N–H and O–H groups in total. The second-order valence-electron chi connectivity index (χ2n) is 4.10. The van der Waals surface area contributed by atoms with Gasteiger partial charge in [0.15, 0.2) is 0 Å². The number of benzene rings is 1. The highest BCUT2D eigenvalue weighted by Crippen LogP contribution is 2.25. The van der Waals surface area contributed by atoms with Gasteiger partial charge in [0, 0.05) is 0 Å². The molecule has 2 amide bonds. The van der Waals surface area contributed by atoms with Gasteiger partial charge in [0.2, 0.25) is 0 Å². The van der Waals surface area contributed by atoms with E-state index < -0.39 is 17.8 Å². The summed E-state index contributed by atoms with van der Waals surface area (Å²) in [6.07, 6.45) is -0.527. The molecule has 1 heterocycles. The van der Waals surface area contributed by atoms with Crippen molar-refractivity contribution in [3.63, 3.8) is 0 Å². The summed E-state index contributed by atoms with van der Waals surface area (Å²) in [7, 11) is 1.26. The van der Waals surface area contributed by atoms with Gasteiger partial charge in [-0.25, -0.2) is 14.7 Å². The third-order valence-electron chi connectivity index (χ3n) is 2.76. The standard InChI is InChI=1S/C12H13FN2O4/c1-7-6-19-12(17)15(7)8-3-4-9(10(13)5-8)11(16)14-18-2/h3-5,7H,6H2,1-2H3,(H,14,16). The van der Waals surface area contributed by atoms with Gasteiger partial charge in [-0.1, -0.05) is 0 Å². The first-order chi connectivity index (χ1) is 9.04. The van der Waals surface area contributed by atoms with E-state index in [0.29, 0.717) is 5.69 Å². The van der Waals surface area contributed by atoms with Crippen molar-refractivity contribution in [1.29, 1.82) is 0 Å². The summed E-state index contributed by atoms with van der Waals surface area (Å²) in [6, 6.07) is 3.72. The number of nitrogens with one attached hydrogen (secondary N) is 1.